The number of aryl methyl sites for hydroxylation is 2. The SMILES string of the molecule is Cc1ccc(C)c(NC(=O)CN(c2ccccc2Oc2ccccc2)S(C)(=O)=O)c1. The van der Waals surface area contributed by atoms with Crippen LogP contribution < -0.4 is 14.4 Å². The molecule has 1 N–H and O–H groups in total. The highest BCUT2D eigenvalue weighted by molar-refractivity contribution is 7.92. The average Bonchev–Trinajstić information content (AvgIpc) is 2.69. The van der Waals surface area contributed by atoms with E-state index in [4.69, 9.17) is 4.74 Å². The minimum atomic E-state index is -3.75. The molecule has 30 heavy (non-hydrogen) atoms. The molecule has 0 fully saturated rings. The standard InChI is InChI=1S/C23H24N2O4S/c1-17-13-14-18(2)20(15-17)24-23(26)16-25(30(3,27)28)21-11-7-8-12-22(21)29-19-9-5-4-6-10-19/h4-15H,16H2,1-3H3,(H,24,26). The Morgan fingerprint density at radius 1 is 0.967 bits per heavy atom. The van der Waals surface area contributed by atoms with E-state index < -0.39 is 15.9 Å². The lowest BCUT2D eigenvalue weighted by atomic mass is 10.1. The lowest BCUT2D eigenvalue weighted by molar-refractivity contribution is -0.114. The van der Waals surface area contributed by atoms with Gasteiger partial charge in [0.1, 0.15) is 12.3 Å². The van der Waals surface area contributed by atoms with Gasteiger partial charge in [-0.05, 0) is 55.3 Å². The van der Waals surface area contributed by atoms with Crippen LogP contribution in [0.15, 0.2) is 72.8 Å². The highest BCUT2D eigenvalue weighted by Gasteiger charge is 2.24. The molecule has 3 aromatic carbocycles. The highest BCUT2D eigenvalue weighted by atomic mass is 32.2. The minimum absolute atomic E-state index is 0.292. The van der Waals surface area contributed by atoms with Gasteiger partial charge in [-0.2, -0.15) is 0 Å². The molecule has 3 aromatic rings. The zero-order chi connectivity index (χ0) is 21.7. The number of carbonyl (C=O) groups is 1. The maximum Gasteiger partial charge on any atom is 0.245 e. The molecule has 0 bridgehead atoms. The Kier molecular flexibility index (Phi) is 6.42. The molecule has 0 spiro atoms. The maximum absolute atomic E-state index is 12.7. The van der Waals surface area contributed by atoms with E-state index in [1.54, 1.807) is 36.4 Å². The lowest BCUT2D eigenvalue weighted by Gasteiger charge is -2.24. The van der Waals surface area contributed by atoms with Gasteiger partial charge >= 0.3 is 0 Å². The Hall–Kier alpha value is -3.32. The number of hydrogen-bond acceptors (Lipinski definition) is 4. The van der Waals surface area contributed by atoms with Gasteiger partial charge in [-0.1, -0.05) is 42.5 Å². The second-order valence-electron chi connectivity index (χ2n) is 7.02. The summed E-state index contributed by atoms with van der Waals surface area (Å²) in [4.78, 5) is 12.7. The van der Waals surface area contributed by atoms with E-state index in [1.165, 1.54) is 0 Å². The molecule has 0 saturated carbocycles. The second kappa shape index (κ2) is 9.00. The first kappa shape index (κ1) is 21.4. The number of ether oxygens (including phenoxy) is 1. The van der Waals surface area contributed by atoms with Crippen molar-refractivity contribution in [3.8, 4) is 11.5 Å². The quantitative estimate of drug-likeness (QED) is 0.606. The van der Waals surface area contributed by atoms with Crippen LogP contribution in [-0.4, -0.2) is 27.1 Å². The van der Waals surface area contributed by atoms with Gasteiger partial charge in [-0.15, -0.1) is 0 Å². The summed E-state index contributed by atoms with van der Waals surface area (Å²) in [6.45, 7) is 3.43. The smallest absolute Gasteiger partial charge is 0.245 e. The fraction of sp³-hybridized carbons (Fsp3) is 0.174. The first-order chi connectivity index (χ1) is 14.2. The number of hydrogen-bond donors (Lipinski definition) is 1. The van der Waals surface area contributed by atoms with Crippen molar-refractivity contribution in [2.45, 2.75) is 13.8 Å². The predicted octanol–water partition coefficient (Wildman–Crippen LogP) is 4.50. The molecule has 0 saturated heterocycles. The molecule has 0 aliphatic heterocycles. The minimum Gasteiger partial charge on any atom is -0.455 e. The summed E-state index contributed by atoms with van der Waals surface area (Å²) in [5, 5.41) is 2.81. The van der Waals surface area contributed by atoms with Crippen LogP contribution in [0.25, 0.3) is 0 Å². The number of nitrogens with zero attached hydrogens (tertiary/aromatic N) is 1. The summed E-state index contributed by atoms with van der Waals surface area (Å²) in [5.41, 5.74) is 2.84. The van der Waals surface area contributed by atoms with E-state index >= 15 is 0 Å². The lowest BCUT2D eigenvalue weighted by Crippen LogP contribution is -2.37. The molecule has 0 aliphatic rings. The Morgan fingerprint density at radius 3 is 2.33 bits per heavy atom. The first-order valence-electron chi connectivity index (χ1n) is 9.41. The third-order valence-electron chi connectivity index (χ3n) is 4.46. The van der Waals surface area contributed by atoms with E-state index in [0.717, 1.165) is 21.7 Å². The van der Waals surface area contributed by atoms with Crippen molar-refractivity contribution in [2.75, 3.05) is 22.4 Å². The molecule has 0 unspecified atom stereocenters. The van der Waals surface area contributed by atoms with Gasteiger partial charge in [0, 0.05) is 5.69 Å². The van der Waals surface area contributed by atoms with Crippen molar-refractivity contribution < 1.29 is 17.9 Å². The van der Waals surface area contributed by atoms with Gasteiger partial charge in [-0.3, -0.25) is 9.10 Å². The maximum atomic E-state index is 12.7. The van der Waals surface area contributed by atoms with Crippen LogP contribution >= 0.6 is 0 Å². The van der Waals surface area contributed by atoms with E-state index in [2.05, 4.69) is 5.32 Å². The fourth-order valence-corrected chi connectivity index (χ4v) is 3.80. The predicted molar refractivity (Wildman–Crippen MR) is 120 cm³/mol. The van der Waals surface area contributed by atoms with Crippen molar-refractivity contribution in [3.63, 3.8) is 0 Å². The average molecular weight is 425 g/mol. The van der Waals surface area contributed by atoms with E-state index in [-0.39, 0.29) is 6.54 Å². The molecule has 0 heterocycles. The van der Waals surface area contributed by atoms with Gasteiger partial charge in [0.05, 0.1) is 11.9 Å². The summed E-state index contributed by atoms with van der Waals surface area (Å²) in [6, 6.07) is 21.5. The van der Waals surface area contributed by atoms with Gasteiger partial charge < -0.3 is 10.1 Å². The molecular weight excluding hydrogens is 400 g/mol. The molecule has 0 aromatic heterocycles. The van der Waals surface area contributed by atoms with E-state index in [0.29, 0.717) is 22.9 Å². The van der Waals surface area contributed by atoms with Crippen LogP contribution in [0.5, 0.6) is 11.5 Å². The summed E-state index contributed by atoms with van der Waals surface area (Å²) >= 11 is 0. The molecule has 0 aliphatic carbocycles. The number of benzene rings is 3. The Bertz CT molecular complexity index is 1140. The Labute approximate surface area is 177 Å². The molecule has 1 amide bonds. The van der Waals surface area contributed by atoms with Gasteiger partial charge in [0.2, 0.25) is 15.9 Å². The monoisotopic (exact) mass is 424 g/mol. The van der Waals surface area contributed by atoms with Gasteiger partial charge in [-0.25, -0.2) is 8.42 Å². The van der Waals surface area contributed by atoms with Crippen molar-refractivity contribution >= 4 is 27.3 Å². The third-order valence-corrected chi connectivity index (χ3v) is 5.59. The van der Waals surface area contributed by atoms with Crippen molar-refractivity contribution in [1.82, 2.24) is 0 Å². The van der Waals surface area contributed by atoms with Crippen LogP contribution in [0.1, 0.15) is 11.1 Å². The van der Waals surface area contributed by atoms with Crippen LogP contribution in [0, 0.1) is 13.8 Å². The zero-order valence-corrected chi connectivity index (χ0v) is 17.9. The number of amides is 1. The summed E-state index contributed by atoms with van der Waals surface area (Å²) in [5.74, 6) is 0.468. The third kappa shape index (κ3) is 5.39. The molecule has 6 nitrogen and oxygen atoms in total. The molecule has 0 atom stereocenters. The van der Waals surface area contributed by atoms with Crippen molar-refractivity contribution in [1.29, 1.82) is 0 Å². The van der Waals surface area contributed by atoms with E-state index in [1.807, 2.05) is 50.2 Å². The largest absolute Gasteiger partial charge is 0.455 e. The normalized spacial score (nSPS) is 11.0. The number of carbonyl (C=O) groups excluding carboxylic acids is 1. The number of anilines is 2. The second-order valence-corrected chi connectivity index (χ2v) is 8.93. The summed E-state index contributed by atoms with van der Waals surface area (Å²) in [7, 11) is -3.75. The first-order valence-corrected chi connectivity index (χ1v) is 11.3. The van der Waals surface area contributed by atoms with E-state index in [9.17, 15) is 13.2 Å². The van der Waals surface area contributed by atoms with Crippen molar-refractivity contribution in [2.24, 2.45) is 0 Å². The molecule has 7 heteroatoms. The van der Waals surface area contributed by atoms with Crippen LogP contribution in [0.3, 0.4) is 0 Å². The summed E-state index contributed by atoms with van der Waals surface area (Å²) < 4.78 is 32.0. The topological polar surface area (TPSA) is 75.7 Å². The molecule has 3 rings (SSSR count). The molecule has 156 valence electrons. The van der Waals surface area contributed by atoms with Crippen LogP contribution in [0.2, 0.25) is 0 Å². The number of sulfonamides is 1. The fourth-order valence-electron chi connectivity index (χ4n) is 2.94. The van der Waals surface area contributed by atoms with Crippen molar-refractivity contribution in [3.05, 3.63) is 83.9 Å². The zero-order valence-electron chi connectivity index (χ0n) is 17.1. The van der Waals surface area contributed by atoms with Gasteiger partial charge in [0.25, 0.3) is 0 Å². The van der Waals surface area contributed by atoms with Gasteiger partial charge in [0.15, 0.2) is 5.75 Å². The van der Waals surface area contributed by atoms with Crippen LogP contribution in [0.4, 0.5) is 11.4 Å². The number of nitrogens with one attached hydrogen (secondary N) is 1. The summed E-state index contributed by atoms with van der Waals surface area (Å²) in [6.07, 6.45) is 1.07. The molecule has 0 radical (unpaired) electrons. The number of para-hydroxylation sites is 3. The Morgan fingerprint density at radius 2 is 1.63 bits per heavy atom. The molecular formula is C23H24N2O4S. The number of rotatable bonds is 7. The highest BCUT2D eigenvalue weighted by Crippen LogP contribution is 2.33. The Balaban J connectivity index is 1.89. The van der Waals surface area contributed by atoms with Crippen LogP contribution in [-0.2, 0) is 14.8 Å².